The predicted molar refractivity (Wildman–Crippen MR) is 152 cm³/mol. The van der Waals surface area contributed by atoms with Crippen LogP contribution < -0.4 is 14.8 Å². The standard InChI is InChI=1S/C30H32ClN3O6/c1-30(2,3)28-14-19(34-40-28)13-20(35)12-18-6-7-21(15-24(18)31)39-26-8-9-32-25-17-27(38-5)23(16-22(25)26)29(36)33-10-11-37-4/h6-9,14-17H,10-13H2,1-5H3,(H,33,36). The van der Waals surface area contributed by atoms with Gasteiger partial charge in [-0.05, 0) is 29.8 Å². The molecule has 10 heteroatoms. The van der Waals surface area contributed by atoms with Crippen LogP contribution in [-0.4, -0.2) is 49.2 Å². The molecule has 40 heavy (non-hydrogen) atoms. The number of ketones is 1. The third-order valence-corrected chi connectivity index (χ3v) is 6.53. The number of fused-ring (bicyclic) bond motifs is 1. The van der Waals surface area contributed by atoms with Crippen LogP contribution in [0.15, 0.2) is 53.2 Å². The highest BCUT2D eigenvalue weighted by atomic mass is 35.5. The molecule has 0 radical (unpaired) electrons. The topological polar surface area (TPSA) is 113 Å². The van der Waals surface area contributed by atoms with E-state index < -0.39 is 0 Å². The fraction of sp³-hybridized carbons (Fsp3) is 0.333. The van der Waals surface area contributed by atoms with Gasteiger partial charge in [-0.25, -0.2) is 0 Å². The normalized spacial score (nSPS) is 11.4. The monoisotopic (exact) mass is 565 g/mol. The number of halogens is 1. The molecule has 0 aliphatic rings. The number of Topliss-reactive ketones (excluding diaryl/α,β-unsaturated/α-hetero) is 1. The number of hydrogen-bond acceptors (Lipinski definition) is 8. The Hall–Kier alpha value is -3.95. The Balaban J connectivity index is 1.51. The minimum absolute atomic E-state index is 0.0327. The number of benzene rings is 2. The molecule has 1 N–H and O–H groups in total. The van der Waals surface area contributed by atoms with E-state index in [-0.39, 0.29) is 29.9 Å². The van der Waals surface area contributed by atoms with Gasteiger partial charge in [-0.1, -0.05) is 43.6 Å². The van der Waals surface area contributed by atoms with Gasteiger partial charge in [0.2, 0.25) is 0 Å². The minimum Gasteiger partial charge on any atom is -0.496 e. The lowest BCUT2D eigenvalue weighted by atomic mass is 9.93. The highest BCUT2D eigenvalue weighted by Gasteiger charge is 2.21. The highest BCUT2D eigenvalue weighted by molar-refractivity contribution is 6.31. The SMILES string of the molecule is COCCNC(=O)c1cc2c(Oc3ccc(CC(=O)Cc4cc(C(C)(C)C)on4)c(Cl)c3)ccnc2cc1OC. The van der Waals surface area contributed by atoms with E-state index >= 15 is 0 Å². The van der Waals surface area contributed by atoms with E-state index in [9.17, 15) is 9.59 Å². The van der Waals surface area contributed by atoms with E-state index in [2.05, 4.69) is 15.5 Å². The maximum Gasteiger partial charge on any atom is 0.255 e. The Morgan fingerprint density at radius 2 is 1.82 bits per heavy atom. The molecule has 210 valence electrons. The van der Waals surface area contributed by atoms with Gasteiger partial charge in [-0.2, -0.15) is 0 Å². The van der Waals surface area contributed by atoms with Crippen LogP contribution >= 0.6 is 11.6 Å². The van der Waals surface area contributed by atoms with Gasteiger partial charge in [0.05, 0.1) is 36.9 Å². The van der Waals surface area contributed by atoms with Crippen molar-refractivity contribution in [3.05, 3.63) is 76.3 Å². The number of methoxy groups -OCH3 is 2. The second-order valence-corrected chi connectivity index (χ2v) is 10.7. The molecule has 0 unspecified atom stereocenters. The molecule has 2 aromatic heterocycles. The van der Waals surface area contributed by atoms with Crippen molar-refractivity contribution in [3.8, 4) is 17.2 Å². The summed E-state index contributed by atoms with van der Waals surface area (Å²) in [6, 6.07) is 12.1. The molecule has 0 saturated carbocycles. The fourth-order valence-corrected chi connectivity index (χ4v) is 4.27. The highest BCUT2D eigenvalue weighted by Crippen LogP contribution is 2.34. The zero-order valence-electron chi connectivity index (χ0n) is 23.2. The first-order chi connectivity index (χ1) is 19.1. The van der Waals surface area contributed by atoms with E-state index in [4.69, 9.17) is 30.3 Å². The zero-order valence-corrected chi connectivity index (χ0v) is 23.9. The Labute approximate surface area is 237 Å². The number of rotatable bonds is 11. The molecule has 2 aromatic carbocycles. The maximum atomic E-state index is 12.8. The first-order valence-corrected chi connectivity index (χ1v) is 13.1. The summed E-state index contributed by atoms with van der Waals surface area (Å²) in [6.45, 7) is 6.81. The Bertz CT molecular complexity index is 1530. The van der Waals surface area contributed by atoms with Crippen molar-refractivity contribution in [2.24, 2.45) is 0 Å². The second-order valence-electron chi connectivity index (χ2n) is 10.3. The lowest BCUT2D eigenvalue weighted by Crippen LogP contribution is -2.27. The van der Waals surface area contributed by atoms with Crippen LogP contribution in [0.2, 0.25) is 5.02 Å². The quantitative estimate of drug-likeness (QED) is 0.230. The first kappa shape index (κ1) is 29.0. The molecule has 0 aliphatic carbocycles. The van der Waals surface area contributed by atoms with Gasteiger partial charge in [-0.15, -0.1) is 0 Å². The number of amides is 1. The molecule has 0 saturated heterocycles. The van der Waals surface area contributed by atoms with Crippen molar-refractivity contribution in [1.29, 1.82) is 0 Å². The summed E-state index contributed by atoms with van der Waals surface area (Å²) in [7, 11) is 3.06. The van der Waals surface area contributed by atoms with Crippen molar-refractivity contribution in [2.45, 2.75) is 39.0 Å². The number of carbonyl (C=O) groups is 2. The summed E-state index contributed by atoms with van der Waals surface area (Å²) in [4.78, 5) is 29.9. The number of aromatic nitrogens is 2. The average Bonchev–Trinajstić information content (AvgIpc) is 3.39. The van der Waals surface area contributed by atoms with E-state index in [0.29, 0.717) is 63.1 Å². The Morgan fingerprint density at radius 1 is 1.02 bits per heavy atom. The van der Waals surface area contributed by atoms with Gasteiger partial charge in [0.1, 0.15) is 28.8 Å². The van der Waals surface area contributed by atoms with Gasteiger partial charge in [0.25, 0.3) is 5.91 Å². The molecular formula is C30H32ClN3O6. The molecule has 0 fully saturated rings. The van der Waals surface area contributed by atoms with Gasteiger partial charge in [0.15, 0.2) is 0 Å². The van der Waals surface area contributed by atoms with Crippen LogP contribution in [0, 0.1) is 0 Å². The van der Waals surface area contributed by atoms with Crippen molar-refractivity contribution >= 4 is 34.2 Å². The molecule has 0 spiro atoms. The van der Waals surface area contributed by atoms with Crippen molar-refractivity contribution in [2.75, 3.05) is 27.4 Å². The summed E-state index contributed by atoms with van der Waals surface area (Å²) in [5, 5.41) is 7.85. The van der Waals surface area contributed by atoms with Crippen LogP contribution in [0.4, 0.5) is 0 Å². The zero-order chi connectivity index (χ0) is 28.9. The van der Waals surface area contributed by atoms with E-state index in [1.54, 1.807) is 49.7 Å². The predicted octanol–water partition coefficient (Wildman–Crippen LogP) is 5.71. The number of ether oxygens (including phenoxy) is 3. The smallest absolute Gasteiger partial charge is 0.255 e. The number of pyridine rings is 1. The van der Waals surface area contributed by atoms with Gasteiger partial charge < -0.3 is 24.1 Å². The lowest BCUT2D eigenvalue weighted by molar-refractivity contribution is -0.117. The lowest BCUT2D eigenvalue weighted by Gasteiger charge is -2.14. The number of hydrogen-bond donors (Lipinski definition) is 1. The number of nitrogens with zero attached hydrogens (tertiary/aromatic N) is 2. The van der Waals surface area contributed by atoms with Crippen LogP contribution in [-0.2, 0) is 27.8 Å². The largest absolute Gasteiger partial charge is 0.496 e. The summed E-state index contributed by atoms with van der Waals surface area (Å²) in [5.74, 6) is 1.75. The van der Waals surface area contributed by atoms with Crippen molar-refractivity contribution in [3.63, 3.8) is 0 Å². The summed E-state index contributed by atoms with van der Waals surface area (Å²) in [6.07, 6.45) is 1.91. The van der Waals surface area contributed by atoms with Crippen LogP contribution in [0.3, 0.4) is 0 Å². The molecule has 2 heterocycles. The molecular weight excluding hydrogens is 534 g/mol. The molecule has 0 bridgehead atoms. The molecule has 4 rings (SSSR count). The number of carbonyl (C=O) groups excluding carboxylic acids is 2. The van der Waals surface area contributed by atoms with Crippen molar-refractivity contribution in [1.82, 2.24) is 15.5 Å². The molecule has 0 aliphatic heterocycles. The first-order valence-electron chi connectivity index (χ1n) is 12.8. The average molecular weight is 566 g/mol. The third-order valence-electron chi connectivity index (χ3n) is 6.18. The van der Waals surface area contributed by atoms with Crippen LogP contribution in [0.25, 0.3) is 10.9 Å². The third kappa shape index (κ3) is 6.97. The van der Waals surface area contributed by atoms with Gasteiger partial charge in [0, 0.05) is 54.2 Å². The van der Waals surface area contributed by atoms with Crippen LogP contribution in [0.5, 0.6) is 17.2 Å². The summed E-state index contributed by atoms with van der Waals surface area (Å²) < 4.78 is 22.0. The Kier molecular flexibility index (Phi) is 9.07. The second kappa shape index (κ2) is 12.5. The fourth-order valence-electron chi connectivity index (χ4n) is 4.03. The van der Waals surface area contributed by atoms with E-state index in [0.717, 1.165) is 5.76 Å². The summed E-state index contributed by atoms with van der Waals surface area (Å²) in [5.41, 5.74) is 2.03. The van der Waals surface area contributed by atoms with Crippen molar-refractivity contribution < 1.29 is 28.3 Å². The van der Waals surface area contributed by atoms with Gasteiger partial charge >= 0.3 is 0 Å². The Morgan fingerprint density at radius 3 is 2.50 bits per heavy atom. The molecule has 1 amide bonds. The molecule has 0 atom stereocenters. The van der Waals surface area contributed by atoms with E-state index in [1.165, 1.54) is 7.11 Å². The number of nitrogens with one attached hydrogen (secondary N) is 1. The summed E-state index contributed by atoms with van der Waals surface area (Å²) >= 11 is 6.53. The molecule has 9 nitrogen and oxygen atoms in total. The molecule has 4 aromatic rings. The van der Waals surface area contributed by atoms with E-state index in [1.807, 2.05) is 26.8 Å². The van der Waals surface area contributed by atoms with Gasteiger partial charge in [-0.3, -0.25) is 14.6 Å². The minimum atomic E-state index is -0.303. The van der Waals surface area contributed by atoms with Crippen LogP contribution in [0.1, 0.15) is 48.1 Å². The maximum absolute atomic E-state index is 12.8.